The predicted octanol–water partition coefficient (Wildman–Crippen LogP) is 2.57. The van der Waals surface area contributed by atoms with Gasteiger partial charge in [-0.05, 0) is 30.7 Å². The Labute approximate surface area is 207 Å². The Hall–Kier alpha value is -2.91. The molecule has 5 rings (SSSR count). The second-order valence-corrected chi connectivity index (χ2v) is 9.55. The number of amides is 1. The molecule has 0 radical (unpaired) electrons. The zero-order chi connectivity index (χ0) is 24.0. The third-order valence-corrected chi connectivity index (χ3v) is 7.05. The normalized spacial score (nSPS) is 19.6. The van der Waals surface area contributed by atoms with Crippen molar-refractivity contribution < 1.29 is 14.3 Å². The molecule has 1 N–H and O–H groups in total. The van der Waals surface area contributed by atoms with Crippen LogP contribution in [0.4, 0.5) is 23.3 Å². The Balaban J connectivity index is 1.44. The minimum atomic E-state index is -0.109. The summed E-state index contributed by atoms with van der Waals surface area (Å²) in [5.41, 5.74) is 2.12. The van der Waals surface area contributed by atoms with E-state index < -0.39 is 0 Å². The molecule has 0 unspecified atom stereocenters. The van der Waals surface area contributed by atoms with Gasteiger partial charge in [-0.2, -0.15) is 9.97 Å². The predicted molar refractivity (Wildman–Crippen MR) is 137 cm³/mol. The van der Waals surface area contributed by atoms with Crippen LogP contribution in [0.3, 0.4) is 0 Å². The number of rotatable bonds is 6. The standard InChI is InChI=1S/C26H36N6O3/c1-20(33)27-23-24(30-9-7-22(8-10-30)19-21-5-3-2-4-6-21)28-26(32-13-17-35-18-14-32)29-25(23)31-11-15-34-16-12-31/h2-6,22H,7-19H2,1H3,(H,27,33). The van der Waals surface area contributed by atoms with Gasteiger partial charge in [0.2, 0.25) is 11.9 Å². The molecule has 3 aliphatic heterocycles. The Morgan fingerprint density at radius 3 is 1.97 bits per heavy atom. The van der Waals surface area contributed by atoms with Crippen LogP contribution in [0.2, 0.25) is 0 Å². The van der Waals surface area contributed by atoms with Gasteiger partial charge in [-0.25, -0.2) is 0 Å². The second-order valence-electron chi connectivity index (χ2n) is 9.55. The molecule has 9 heteroatoms. The lowest BCUT2D eigenvalue weighted by Crippen LogP contribution is -2.41. The van der Waals surface area contributed by atoms with Gasteiger partial charge in [-0.3, -0.25) is 4.79 Å². The van der Waals surface area contributed by atoms with Gasteiger partial charge in [0.05, 0.1) is 26.4 Å². The number of piperidine rings is 1. The summed E-state index contributed by atoms with van der Waals surface area (Å²) in [5, 5.41) is 3.09. The molecule has 9 nitrogen and oxygen atoms in total. The lowest BCUT2D eigenvalue weighted by molar-refractivity contribution is -0.114. The van der Waals surface area contributed by atoms with E-state index in [-0.39, 0.29) is 5.91 Å². The highest BCUT2D eigenvalue weighted by atomic mass is 16.5. The van der Waals surface area contributed by atoms with E-state index in [0.717, 1.165) is 75.9 Å². The minimum Gasteiger partial charge on any atom is -0.378 e. The first-order valence-corrected chi connectivity index (χ1v) is 12.8. The largest absolute Gasteiger partial charge is 0.378 e. The Morgan fingerprint density at radius 1 is 0.857 bits per heavy atom. The van der Waals surface area contributed by atoms with E-state index in [1.54, 1.807) is 6.92 Å². The summed E-state index contributed by atoms with van der Waals surface area (Å²) in [6.07, 6.45) is 3.30. The van der Waals surface area contributed by atoms with Crippen LogP contribution in [0.25, 0.3) is 0 Å². The zero-order valence-corrected chi connectivity index (χ0v) is 20.6. The van der Waals surface area contributed by atoms with Crippen molar-refractivity contribution in [2.45, 2.75) is 26.2 Å². The van der Waals surface area contributed by atoms with Crippen molar-refractivity contribution in [3.05, 3.63) is 35.9 Å². The van der Waals surface area contributed by atoms with E-state index in [9.17, 15) is 4.79 Å². The van der Waals surface area contributed by atoms with Crippen molar-refractivity contribution in [3.63, 3.8) is 0 Å². The molecule has 1 amide bonds. The van der Waals surface area contributed by atoms with Crippen molar-refractivity contribution in [1.29, 1.82) is 0 Å². The van der Waals surface area contributed by atoms with E-state index >= 15 is 0 Å². The highest BCUT2D eigenvalue weighted by Gasteiger charge is 2.29. The lowest BCUT2D eigenvalue weighted by atomic mass is 9.90. The van der Waals surface area contributed by atoms with Gasteiger partial charge in [0.25, 0.3) is 0 Å². The van der Waals surface area contributed by atoms with Crippen molar-refractivity contribution >= 4 is 29.2 Å². The summed E-state index contributed by atoms with van der Waals surface area (Å²) >= 11 is 0. The first kappa shape index (κ1) is 23.8. The van der Waals surface area contributed by atoms with Crippen LogP contribution in [0.5, 0.6) is 0 Å². The minimum absolute atomic E-state index is 0.109. The molecule has 0 saturated carbocycles. The third-order valence-electron chi connectivity index (χ3n) is 7.05. The summed E-state index contributed by atoms with van der Waals surface area (Å²) in [6.45, 7) is 9.02. The molecule has 3 aliphatic rings. The van der Waals surface area contributed by atoms with Crippen LogP contribution < -0.4 is 20.0 Å². The van der Waals surface area contributed by atoms with Crippen molar-refractivity contribution in [3.8, 4) is 0 Å². The topological polar surface area (TPSA) is 83.1 Å². The number of nitrogens with zero attached hydrogens (tertiary/aromatic N) is 5. The Bertz CT molecular complexity index is 984. The van der Waals surface area contributed by atoms with Gasteiger partial charge in [0, 0.05) is 46.2 Å². The molecule has 35 heavy (non-hydrogen) atoms. The van der Waals surface area contributed by atoms with Gasteiger partial charge < -0.3 is 29.5 Å². The number of hydrogen-bond acceptors (Lipinski definition) is 8. The first-order valence-electron chi connectivity index (χ1n) is 12.8. The lowest BCUT2D eigenvalue weighted by Gasteiger charge is -2.37. The quantitative estimate of drug-likeness (QED) is 0.676. The van der Waals surface area contributed by atoms with Gasteiger partial charge >= 0.3 is 0 Å². The van der Waals surface area contributed by atoms with E-state index in [0.29, 0.717) is 38.3 Å². The van der Waals surface area contributed by atoms with Gasteiger partial charge in [-0.1, -0.05) is 30.3 Å². The molecule has 188 valence electrons. The number of carbonyl (C=O) groups excluding carboxylic acids is 1. The summed E-state index contributed by atoms with van der Waals surface area (Å²) in [6, 6.07) is 10.7. The van der Waals surface area contributed by atoms with Crippen LogP contribution in [0.15, 0.2) is 30.3 Å². The highest BCUT2D eigenvalue weighted by molar-refractivity contribution is 5.96. The summed E-state index contributed by atoms with van der Waals surface area (Å²) in [5.74, 6) is 2.88. The molecule has 0 aliphatic carbocycles. The second kappa shape index (κ2) is 11.2. The fraction of sp³-hybridized carbons (Fsp3) is 0.577. The number of morpholine rings is 2. The Morgan fingerprint density at radius 2 is 1.40 bits per heavy atom. The molecule has 4 heterocycles. The first-order chi connectivity index (χ1) is 17.2. The summed E-state index contributed by atoms with van der Waals surface area (Å²) in [4.78, 5) is 29.0. The third kappa shape index (κ3) is 5.85. The number of aromatic nitrogens is 2. The van der Waals surface area contributed by atoms with E-state index in [2.05, 4.69) is 50.3 Å². The fourth-order valence-electron chi connectivity index (χ4n) is 5.15. The van der Waals surface area contributed by atoms with Crippen molar-refractivity contribution in [1.82, 2.24) is 9.97 Å². The maximum Gasteiger partial charge on any atom is 0.229 e. The molecule has 1 aromatic heterocycles. The van der Waals surface area contributed by atoms with Crippen LogP contribution in [-0.2, 0) is 20.7 Å². The highest BCUT2D eigenvalue weighted by Crippen LogP contribution is 2.37. The van der Waals surface area contributed by atoms with E-state index in [4.69, 9.17) is 19.4 Å². The molecule has 1 aromatic carbocycles. The summed E-state index contributed by atoms with van der Waals surface area (Å²) < 4.78 is 11.1. The molecule has 3 fully saturated rings. The average molecular weight is 481 g/mol. The van der Waals surface area contributed by atoms with Crippen LogP contribution >= 0.6 is 0 Å². The number of hydrogen-bond donors (Lipinski definition) is 1. The maximum atomic E-state index is 12.3. The molecular formula is C26H36N6O3. The van der Waals surface area contributed by atoms with Crippen LogP contribution in [0, 0.1) is 5.92 Å². The van der Waals surface area contributed by atoms with Gasteiger partial charge in [0.1, 0.15) is 5.69 Å². The van der Waals surface area contributed by atoms with Crippen LogP contribution in [0.1, 0.15) is 25.3 Å². The number of carbonyl (C=O) groups is 1. The number of anilines is 4. The maximum absolute atomic E-state index is 12.3. The molecular weight excluding hydrogens is 444 g/mol. The van der Waals surface area contributed by atoms with Crippen molar-refractivity contribution in [2.24, 2.45) is 5.92 Å². The van der Waals surface area contributed by atoms with Gasteiger partial charge in [0.15, 0.2) is 11.6 Å². The number of ether oxygens (including phenoxy) is 2. The SMILES string of the molecule is CC(=O)Nc1c(N2CCOCC2)nc(N2CCOCC2)nc1N1CCC(Cc2ccccc2)CC1. The van der Waals surface area contributed by atoms with Gasteiger partial charge in [-0.15, -0.1) is 0 Å². The smallest absolute Gasteiger partial charge is 0.229 e. The molecule has 0 atom stereocenters. The molecule has 3 saturated heterocycles. The monoisotopic (exact) mass is 480 g/mol. The molecule has 2 aromatic rings. The van der Waals surface area contributed by atoms with Crippen LogP contribution in [-0.4, -0.2) is 81.6 Å². The molecule has 0 spiro atoms. The fourth-order valence-corrected chi connectivity index (χ4v) is 5.15. The van der Waals surface area contributed by atoms with E-state index in [1.807, 2.05) is 0 Å². The van der Waals surface area contributed by atoms with Crippen molar-refractivity contribution in [2.75, 3.05) is 85.7 Å². The number of benzene rings is 1. The number of nitrogens with one attached hydrogen (secondary N) is 1. The zero-order valence-electron chi connectivity index (χ0n) is 20.6. The Kier molecular flexibility index (Phi) is 7.63. The average Bonchev–Trinajstić information content (AvgIpc) is 2.90. The summed E-state index contributed by atoms with van der Waals surface area (Å²) in [7, 11) is 0. The van der Waals surface area contributed by atoms with E-state index in [1.165, 1.54) is 5.56 Å². The molecule has 0 bridgehead atoms.